The molecule has 0 bridgehead atoms. The SMILES string of the molecule is CCN(c1ccccc1)c1nccc(N(C)CCc2ccncc2)n1. The first-order valence-electron chi connectivity index (χ1n) is 8.53. The maximum atomic E-state index is 4.76. The Bertz CT molecular complexity index is 776. The Labute approximate surface area is 149 Å². The van der Waals surface area contributed by atoms with Crippen molar-refractivity contribution in [1.29, 1.82) is 0 Å². The van der Waals surface area contributed by atoms with Crippen molar-refractivity contribution in [1.82, 2.24) is 15.0 Å². The smallest absolute Gasteiger partial charge is 0.231 e. The number of likely N-dealkylation sites (N-methyl/N-ethyl adjacent to an activating group) is 1. The molecule has 2 aromatic heterocycles. The quantitative estimate of drug-likeness (QED) is 0.659. The summed E-state index contributed by atoms with van der Waals surface area (Å²) in [5, 5.41) is 0. The molecule has 0 atom stereocenters. The Hall–Kier alpha value is -2.95. The molecule has 0 spiro atoms. The van der Waals surface area contributed by atoms with Crippen LogP contribution in [0, 0.1) is 0 Å². The van der Waals surface area contributed by atoms with Crippen LogP contribution in [0.3, 0.4) is 0 Å². The van der Waals surface area contributed by atoms with Crippen LogP contribution in [0.25, 0.3) is 0 Å². The Kier molecular flexibility index (Phi) is 5.57. The highest BCUT2D eigenvalue weighted by molar-refractivity contribution is 5.58. The minimum atomic E-state index is 0.724. The monoisotopic (exact) mass is 333 g/mol. The van der Waals surface area contributed by atoms with E-state index in [0.29, 0.717) is 0 Å². The van der Waals surface area contributed by atoms with Crippen LogP contribution in [0.1, 0.15) is 12.5 Å². The fraction of sp³-hybridized carbons (Fsp3) is 0.250. The van der Waals surface area contributed by atoms with Crippen LogP contribution in [0.4, 0.5) is 17.5 Å². The van der Waals surface area contributed by atoms with Gasteiger partial charge in [-0.3, -0.25) is 4.98 Å². The Morgan fingerprint density at radius 2 is 1.68 bits per heavy atom. The van der Waals surface area contributed by atoms with Crippen LogP contribution in [0.15, 0.2) is 67.1 Å². The highest BCUT2D eigenvalue weighted by Gasteiger charge is 2.12. The molecule has 1 aromatic carbocycles. The molecule has 5 nitrogen and oxygen atoms in total. The number of hydrogen-bond donors (Lipinski definition) is 0. The van der Waals surface area contributed by atoms with E-state index in [-0.39, 0.29) is 0 Å². The fourth-order valence-corrected chi connectivity index (χ4v) is 2.69. The second kappa shape index (κ2) is 8.24. The maximum absolute atomic E-state index is 4.76. The summed E-state index contributed by atoms with van der Waals surface area (Å²) in [7, 11) is 2.06. The van der Waals surface area contributed by atoms with E-state index >= 15 is 0 Å². The van der Waals surface area contributed by atoms with Gasteiger partial charge >= 0.3 is 0 Å². The molecule has 3 aromatic rings. The lowest BCUT2D eigenvalue weighted by Crippen LogP contribution is -2.24. The van der Waals surface area contributed by atoms with Gasteiger partial charge in [0.2, 0.25) is 5.95 Å². The van der Waals surface area contributed by atoms with Gasteiger partial charge in [-0.2, -0.15) is 4.98 Å². The zero-order valence-corrected chi connectivity index (χ0v) is 14.7. The third-order valence-electron chi connectivity index (χ3n) is 4.13. The number of hydrogen-bond acceptors (Lipinski definition) is 5. The van der Waals surface area contributed by atoms with Gasteiger partial charge in [0.1, 0.15) is 5.82 Å². The molecular formula is C20H23N5. The van der Waals surface area contributed by atoms with Crippen LogP contribution in [0.5, 0.6) is 0 Å². The van der Waals surface area contributed by atoms with Crippen molar-refractivity contribution >= 4 is 17.5 Å². The van der Waals surface area contributed by atoms with E-state index < -0.39 is 0 Å². The maximum Gasteiger partial charge on any atom is 0.231 e. The van der Waals surface area contributed by atoms with Gasteiger partial charge in [-0.25, -0.2) is 4.98 Å². The van der Waals surface area contributed by atoms with Gasteiger partial charge in [-0.1, -0.05) is 18.2 Å². The molecule has 0 aliphatic heterocycles. The highest BCUT2D eigenvalue weighted by Crippen LogP contribution is 2.22. The third-order valence-corrected chi connectivity index (χ3v) is 4.13. The van der Waals surface area contributed by atoms with Crippen molar-refractivity contribution in [2.24, 2.45) is 0 Å². The molecule has 0 N–H and O–H groups in total. The predicted molar refractivity (Wildman–Crippen MR) is 102 cm³/mol. The van der Waals surface area contributed by atoms with E-state index in [9.17, 15) is 0 Å². The minimum Gasteiger partial charge on any atom is -0.359 e. The summed E-state index contributed by atoms with van der Waals surface area (Å²) in [4.78, 5) is 17.6. The van der Waals surface area contributed by atoms with Crippen LogP contribution in [-0.2, 0) is 6.42 Å². The molecule has 0 unspecified atom stereocenters. The number of para-hydroxylation sites is 1. The molecule has 5 heteroatoms. The van der Waals surface area contributed by atoms with Crippen LogP contribution in [0.2, 0.25) is 0 Å². The Morgan fingerprint density at radius 3 is 2.40 bits per heavy atom. The summed E-state index contributed by atoms with van der Waals surface area (Å²) in [6.07, 6.45) is 6.44. The zero-order chi connectivity index (χ0) is 17.5. The van der Waals surface area contributed by atoms with Gasteiger partial charge in [0.05, 0.1) is 0 Å². The molecule has 3 rings (SSSR count). The summed E-state index contributed by atoms with van der Waals surface area (Å²) < 4.78 is 0. The Morgan fingerprint density at radius 1 is 0.920 bits per heavy atom. The van der Waals surface area contributed by atoms with E-state index in [1.54, 1.807) is 0 Å². The van der Waals surface area contributed by atoms with E-state index in [2.05, 4.69) is 45.9 Å². The summed E-state index contributed by atoms with van der Waals surface area (Å²) in [5.74, 6) is 1.65. The van der Waals surface area contributed by atoms with Gasteiger partial charge in [-0.05, 0) is 49.2 Å². The number of rotatable bonds is 7. The molecule has 0 radical (unpaired) electrons. The summed E-state index contributed by atoms with van der Waals surface area (Å²) >= 11 is 0. The first-order valence-corrected chi connectivity index (χ1v) is 8.53. The lowest BCUT2D eigenvalue weighted by Gasteiger charge is -2.23. The van der Waals surface area contributed by atoms with Gasteiger partial charge in [0.25, 0.3) is 0 Å². The van der Waals surface area contributed by atoms with Crippen molar-refractivity contribution in [3.05, 3.63) is 72.7 Å². The standard InChI is InChI=1S/C20H23N5/c1-3-25(18-7-5-4-6-8-18)20-22-15-11-19(23-20)24(2)16-12-17-9-13-21-14-10-17/h4-11,13-15H,3,12,16H2,1-2H3. The molecule has 2 heterocycles. The average molecular weight is 333 g/mol. The van der Waals surface area contributed by atoms with E-state index in [4.69, 9.17) is 4.98 Å². The lowest BCUT2D eigenvalue weighted by molar-refractivity contribution is 0.846. The first kappa shape index (κ1) is 16.9. The van der Waals surface area contributed by atoms with Gasteiger partial charge in [0, 0.05) is 44.4 Å². The first-order chi connectivity index (χ1) is 12.3. The van der Waals surface area contributed by atoms with Crippen LogP contribution >= 0.6 is 0 Å². The number of pyridine rings is 1. The third kappa shape index (κ3) is 4.32. The fourth-order valence-electron chi connectivity index (χ4n) is 2.69. The second-order valence-electron chi connectivity index (χ2n) is 5.82. The number of nitrogens with zero attached hydrogens (tertiary/aromatic N) is 5. The number of anilines is 3. The normalized spacial score (nSPS) is 10.5. The molecule has 128 valence electrons. The highest BCUT2D eigenvalue weighted by atomic mass is 15.3. The second-order valence-corrected chi connectivity index (χ2v) is 5.82. The van der Waals surface area contributed by atoms with Crippen molar-refractivity contribution in [3.8, 4) is 0 Å². The van der Waals surface area contributed by atoms with Crippen molar-refractivity contribution in [2.75, 3.05) is 29.9 Å². The molecule has 0 amide bonds. The van der Waals surface area contributed by atoms with Gasteiger partial charge in [-0.15, -0.1) is 0 Å². The molecule has 0 saturated carbocycles. The molecule has 25 heavy (non-hydrogen) atoms. The topological polar surface area (TPSA) is 45.2 Å². The van der Waals surface area contributed by atoms with Crippen LogP contribution in [-0.4, -0.2) is 35.1 Å². The largest absolute Gasteiger partial charge is 0.359 e. The van der Waals surface area contributed by atoms with Crippen LogP contribution < -0.4 is 9.80 Å². The lowest BCUT2D eigenvalue weighted by atomic mass is 10.2. The van der Waals surface area contributed by atoms with Gasteiger partial charge in [0.15, 0.2) is 0 Å². The molecule has 0 saturated heterocycles. The number of aromatic nitrogens is 3. The van der Waals surface area contributed by atoms with E-state index in [0.717, 1.165) is 37.0 Å². The summed E-state index contributed by atoms with van der Waals surface area (Å²) in [5.41, 5.74) is 2.37. The summed E-state index contributed by atoms with van der Waals surface area (Å²) in [6.45, 7) is 3.81. The van der Waals surface area contributed by atoms with E-state index in [1.165, 1.54) is 5.56 Å². The van der Waals surface area contributed by atoms with Crippen molar-refractivity contribution in [3.63, 3.8) is 0 Å². The number of benzene rings is 1. The average Bonchev–Trinajstić information content (AvgIpc) is 2.69. The Balaban J connectivity index is 1.74. The molecular weight excluding hydrogens is 310 g/mol. The summed E-state index contributed by atoms with van der Waals surface area (Å²) in [6, 6.07) is 16.3. The van der Waals surface area contributed by atoms with Gasteiger partial charge < -0.3 is 9.80 Å². The van der Waals surface area contributed by atoms with E-state index in [1.807, 2.05) is 55.0 Å². The minimum absolute atomic E-state index is 0.724. The van der Waals surface area contributed by atoms with Crippen molar-refractivity contribution in [2.45, 2.75) is 13.3 Å². The molecule has 0 aliphatic rings. The van der Waals surface area contributed by atoms with Crippen molar-refractivity contribution < 1.29 is 0 Å². The zero-order valence-electron chi connectivity index (χ0n) is 14.7. The molecule has 0 aliphatic carbocycles. The molecule has 0 fully saturated rings. The predicted octanol–water partition coefficient (Wildman–Crippen LogP) is 3.71.